The van der Waals surface area contributed by atoms with Crippen molar-refractivity contribution in [3.63, 3.8) is 0 Å². The molecule has 1 amide bonds. The van der Waals surface area contributed by atoms with E-state index in [0.717, 1.165) is 12.1 Å². The third kappa shape index (κ3) is 4.02. The van der Waals surface area contributed by atoms with Gasteiger partial charge in [-0.2, -0.15) is 0 Å². The molecule has 0 aliphatic heterocycles. The number of aryl methyl sites for hydroxylation is 1. The van der Waals surface area contributed by atoms with Gasteiger partial charge in [-0.25, -0.2) is 4.98 Å². The molecule has 0 bridgehead atoms. The summed E-state index contributed by atoms with van der Waals surface area (Å²) >= 11 is 0. The smallest absolute Gasteiger partial charge is 0.256 e. The molecule has 100 valence electrons. The molecule has 2 rings (SSSR count). The number of carbonyl (C=O) groups excluding carboxylic acids is 1. The minimum Gasteiger partial charge on any atom is -0.480 e. The molecule has 0 atom stereocenters. The Labute approximate surface area is 109 Å². The van der Waals surface area contributed by atoms with Gasteiger partial charge >= 0.3 is 0 Å². The van der Waals surface area contributed by atoms with E-state index >= 15 is 0 Å². The van der Waals surface area contributed by atoms with Crippen molar-refractivity contribution in [1.29, 1.82) is 0 Å². The van der Waals surface area contributed by atoms with Crippen LogP contribution >= 0.6 is 0 Å². The van der Waals surface area contributed by atoms with Crippen molar-refractivity contribution >= 4 is 5.91 Å². The van der Waals surface area contributed by atoms with Crippen LogP contribution in [0.5, 0.6) is 5.88 Å². The summed E-state index contributed by atoms with van der Waals surface area (Å²) in [6.07, 6.45) is 4.14. The summed E-state index contributed by atoms with van der Waals surface area (Å²) in [4.78, 5) is 16.0. The molecule has 1 N–H and O–H groups in total. The molecule has 1 heterocycles. The molecule has 1 aliphatic carbocycles. The van der Waals surface area contributed by atoms with E-state index < -0.39 is 0 Å². The Kier molecular flexibility index (Phi) is 5.62. The molecule has 0 unspecified atom stereocenters. The fourth-order valence-corrected chi connectivity index (χ4v) is 1.54. The first-order valence-corrected chi connectivity index (χ1v) is 6.49. The molecule has 0 spiro atoms. The van der Waals surface area contributed by atoms with Crippen LogP contribution in [0.25, 0.3) is 0 Å². The average Bonchev–Trinajstić information content (AvgIpc) is 3.22. The lowest BCUT2D eigenvalue weighted by Crippen LogP contribution is -2.26. The highest BCUT2D eigenvalue weighted by Gasteiger charge is 2.22. The van der Waals surface area contributed by atoms with Crippen molar-refractivity contribution in [2.24, 2.45) is 5.92 Å². The summed E-state index contributed by atoms with van der Waals surface area (Å²) in [6.45, 7) is 6.67. The molecule has 4 nitrogen and oxygen atoms in total. The molecule has 1 saturated carbocycles. The molecule has 0 aromatic carbocycles. The number of nitrogens with one attached hydrogen (secondary N) is 1. The molecule has 1 aliphatic rings. The Morgan fingerprint density at radius 2 is 2.17 bits per heavy atom. The molecular formula is C14H22N2O2. The Bertz CT molecular complexity index is 401. The van der Waals surface area contributed by atoms with Crippen LogP contribution in [-0.2, 0) is 0 Å². The van der Waals surface area contributed by atoms with Gasteiger partial charge in [0.15, 0.2) is 0 Å². The van der Waals surface area contributed by atoms with E-state index in [4.69, 9.17) is 4.74 Å². The number of ether oxygens (including phenoxy) is 1. The van der Waals surface area contributed by atoms with Gasteiger partial charge in [-0.15, -0.1) is 0 Å². The maximum absolute atomic E-state index is 11.9. The molecule has 1 aromatic heterocycles. The summed E-state index contributed by atoms with van der Waals surface area (Å²) in [6, 6.07) is 1.80. The first kappa shape index (κ1) is 14.5. The van der Waals surface area contributed by atoms with Gasteiger partial charge in [0, 0.05) is 12.7 Å². The summed E-state index contributed by atoms with van der Waals surface area (Å²) in [7, 11) is 1.52. The zero-order valence-corrected chi connectivity index (χ0v) is 11.6. The van der Waals surface area contributed by atoms with E-state index in [9.17, 15) is 4.79 Å². The van der Waals surface area contributed by atoms with Crippen LogP contribution in [0.4, 0.5) is 0 Å². The van der Waals surface area contributed by atoms with Gasteiger partial charge in [0.05, 0.1) is 7.11 Å². The SMILES string of the molecule is CC.COc1ncc(C)cc1C(=O)NCC1CC1. The lowest BCUT2D eigenvalue weighted by Gasteiger charge is -2.08. The van der Waals surface area contributed by atoms with Crippen molar-refractivity contribution in [2.75, 3.05) is 13.7 Å². The van der Waals surface area contributed by atoms with Crippen LogP contribution in [0.3, 0.4) is 0 Å². The number of amides is 1. The predicted molar refractivity (Wildman–Crippen MR) is 71.9 cm³/mol. The van der Waals surface area contributed by atoms with E-state index in [0.29, 0.717) is 17.4 Å². The van der Waals surface area contributed by atoms with Crippen LogP contribution < -0.4 is 10.1 Å². The van der Waals surface area contributed by atoms with Crippen molar-refractivity contribution in [3.8, 4) is 5.88 Å². The van der Waals surface area contributed by atoms with Gasteiger partial charge in [0.1, 0.15) is 5.56 Å². The third-order valence-corrected chi connectivity index (χ3v) is 2.67. The molecule has 4 heteroatoms. The summed E-state index contributed by atoms with van der Waals surface area (Å²) in [5.41, 5.74) is 1.47. The number of nitrogens with zero attached hydrogens (tertiary/aromatic N) is 1. The maximum atomic E-state index is 11.9. The molecular weight excluding hydrogens is 228 g/mol. The second kappa shape index (κ2) is 6.99. The van der Waals surface area contributed by atoms with Gasteiger partial charge in [0.25, 0.3) is 5.91 Å². The lowest BCUT2D eigenvalue weighted by molar-refractivity contribution is 0.0948. The number of methoxy groups -OCH3 is 1. The van der Waals surface area contributed by atoms with Crippen molar-refractivity contribution in [3.05, 3.63) is 23.4 Å². The molecule has 18 heavy (non-hydrogen) atoms. The molecule has 1 aromatic rings. The standard InChI is InChI=1S/C12H16N2O2.C2H6/c1-8-5-10(12(16-2)14-6-8)11(15)13-7-9-3-4-9;1-2/h5-6,9H,3-4,7H2,1-2H3,(H,13,15);1-2H3. The average molecular weight is 250 g/mol. The molecule has 0 saturated heterocycles. The van der Waals surface area contributed by atoms with Crippen LogP contribution in [0.15, 0.2) is 12.3 Å². The predicted octanol–water partition coefficient (Wildman–Crippen LogP) is 2.56. The number of hydrogen-bond donors (Lipinski definition) is 1. The normalized spacial score (nSPS) is 13.3. The summed E-state index contributed by atoms with van der Waals surface area (Å²) in [5, 5.41) is 2.90. The number of aromatic nitrogens is 1. The van der Waals surface area contributed by atoms with Gasteiger partial charge < -0.3 is 10.1 Å². The van der Waals surface area contributed by atoms with E-state index in [1.54, 1.807) is 12.3 Å². The number of rotatable bonds is 4. The summed E-state index contributed by atoms with van der Waals surface area (Å²) < 4.78 is 5.07. The Balaban J connectivity index is 0.000000771. The third-order valence-electron chi connectivity index (χ3n) is 2.67. The highest BCUT2D eigenvalue weighted by atomic mass is 16.5. The first-order valence-electron chi connectivity index (χ1n) is 6.49. The second-order valence-electron chi connectivity index (χ2n) is 4.22. The largest absolute Gasteiger partial charge is 0.480 e. The number of hydrogen-bond acceptors (Lipinski definition) is 3. The van der Waals surface area contributed by atoms with Gasteiger partial charge in [0.2, 0.25) is 5.88 Å². The first-order chi connectivity index (χ1) is 8.70. The Hall–Kier alpha value is -1.58. The number of pyridine rings is 1. The minimum atomic E-state index is -0.0973. The van der Waals surface area contributed by atoms with Crippen molar-refractivity contribution in [1.82, 2.24) is 10.3 Å². The second-order valence-corrected chi connectivity index (χ2v) is 4.22. The Morgan fingerprint density at radius 1 is 1.50 bits per heavy atom. The van der Waals surface area contributed by atoms with Crippen molar-refractivity contribution in [2.45, 2.75) is 33.6 Å². The monoisotopic (exact) mass is 250 g/mol. The topological polar surface area (TPSA) is 51.2 Å². The fraction of sp³-hybridized carbons (Fsp3) is 0.571. The van der Waals surface area contributed by atoms with E-state index in [1.165, 1.54) is 20.0 Å². The highest BCUT2D eigenvalue weighted by Crippen LogP contribution is 2.27. The Morgan fingerprint density at radius 3 is 2.72 bits per heavy atom. The van der Waals surface area contributed by atoms with Crippen molar-refractivity contribution < 1.29 is 9.53 Å². The zero-order valence-electron chi connectivity index (χ0n) is 11.6. The number of carbonyl (C=O) groups is 1. The maximum Gasteiger partial charge on any atom is 0.256 e. The minimum absolute atomic E-state index is 0.0973. The van der Waals surface area contributed by atoms with Gasteiger partial charge in [-0.3, -0.25) is 4.79 Å². The fourth-order valence-electron chi connectivity index (χ4n) is 1.54. The van der Waals surface area contributed by atoms with E-state index in [1.807, 2.05) is 20.8 Å². The summed E-state index contributed by atoms with van der Waals surface area (Å²) in [5.74, 6) is 0.964. The van der Waals surface area contributed by atoms with Gasteiger partial charge in [-0.05, 0) is 37.3 Å². The lowest BCUT2D eigenvalue weighted by atomic mass is 10.2. The van der Waals surface area contributed by atoms with Crippen LogP contribution in [-0.4, -0.2) is 24.5 Å². The molecule has 1 fully saturated rings. The zero-order chi connectivity index (χ0) is 13.5. The van der Waals surface area contributed by atoms with E-state index in [2.05, 4.69) is 10.3 Å². The quantitative estimate of drug-likeness (QED) is 0.893. The van der Waals surface area contributed by atoms with Crippen LogP contribution in [0, 0.1) is 12.8 Å². The van der Waals surface area contributed by atoms with E-state index in [-0.39, 0.29) is 5.91 Å². The van der Waals surface area contributed by atoms with Gasteiger partial charge in [-0.1, -0.05) is 13.8 Å². The molecule has 0 radical (unpaired) electrons. The van der Waals surface area contributed by atoms with Crippen LogP contribution in [0.2, 0.25) is 0 Å². The van der Waals surface area contributed by atoms with Crippen LogP contribution in [0.1, 0.15) is 42.6 Å². The highest BCUT2D eigenvalue weighted by molar-refractivity contribution is 5.96.